The second-order valence-corrected chi connectivity index (χ2v) is 14.8. The number of hydrogen-bond acceptors (Lipinski definition) is 3. The molecule has 5 nitrogen and oxygen atoms in total. The molecule has 58 heavy (non-hydrogen) atoms. The number of nitrogens with zero attached hydrogens (tertiary/aromatic N) is 5. The van der Waals surface area contributed by atoms with Gasteiger partial charge < -0.3 is 8.97 Å². The first kappa shape index (κ1) is 32.4. The van der Waals surface area contributed by atoms with Crippen LogP contribution in [0.3, 0.4) is 0 Å². The minimum absolute atomic E-state index is 0.640. The summed E-state index contributed by atoms with van der Waals surface area (Å²) >= 11 is 0. The van der Waals surface area contributed by atoms with Crippen LogP contribution in [0.15, 0.2) is 200 Å². The van der Waals surface area contributed by atoms with Gasteiger partial charge in [-0.05, 0) is 59.7 Å². The van der Waals surface area contributed by atoms with Gasteiger partial charge in [-0.15, -0.1) is 0 Å². The van der Waals surface area contributed by atoms with E-state index in [0.717, 1.165) is 33.5 Å². The summed E-state index contributed by atoms with van der Waals surface area (Å²) in [5, 5.41) is 7.56. The van der Waals surface area contributed by atoms with Crippen LogP contribution in [-0.4, -0.2) is 23.9 Å². The molecule has 12 aromatic rings. The van der Waals surface area contributed by atoms with E-state index in [2.05, 4.69) is 148 Å². The molecule has 4 aromatic heterocycles. The minimum Gasteiger partial charge on any atom is -0.309 e. The van der Waals surface area contributed by atoms with Gasteiger partial charge in [0.2, 0.25) is 0 Å². The van der Waals surface area contributed by atoms with Crippen LogP contribution in [0.5, 0.6) is 0 Å². The lowest BCUT2D eigenvalue weighted by molar-refractivity contribution is 1.07. The normalized spacial score (nSPS) is 11.8. The van der Waals surface area contributed by atoms with E-state index in [1.807, 2.05) is 60.7 Å². The van der Waals surface area contributed by atoms with Gasteiger partial charge in [0, 0.05) is 54.7 Å². The van der Waals surface area contributed by atoms with Crippen molar-refractivity contribution in [1.29, 1.82) is 0 Å². The fourth-order valence-corrected chi connectivity index (χ4v) is 8.90. The molecule has 0 amide bonds. The first-order valence-electron chi connectivity index (χ1n) is 19.6. The first-order valence-corrected chi connectivity index (χ1v) is 19.6. The van der Waals surface area contributed by atoms with Gasteiger partial charge in [0.05, 0.1) is 27.6 Å². The molecule has 0 N–H and O–H groups in total. The van der Waals surface area contributed by atoms with E-state index in [1.165, 1.54) is 59.9 Å². The predicted molar refractivity (Wildman–Crippen MR) is 239 cm³/mol. The van der Waals surface area contributed by atoms with E-state index in [-0.39, 0.29) is 0 Å². The van der Waals surface area contributed by atoms with Crippen molar-refractivity contribution >= 4 is 59.9 Å². The Morgan fingerprint density at radius 1 is 0.293 bits per heavy atom. The SMILES string of the molecule is c1ccc(-c2nc(-c3ccccc3)nc(-c3cccc(-c4ccc(-n5c6ccccc6c6c7c8ccccc8n8c9ccccc9cc8c7ccc65)cc4)c3)n2)cc1. The maximum Gasteiger partial charge on any atom is 0.164 e. The number of fused-ring (bicyclic) bond motifs is 12. The summed E-state index contributed by atoms with van der Waals surface area (Å²) < 4.78 is 4.84. The smallest absolute Gasteiger partial charge is 0.164 e. The Morgan fingerprint density at radius 2 is 0.828 bits per heavy atom. The molecule has 0 fully saturated rings. The number of para-hydroxylation sites is 3. The first-order chi connectivity index (χ1) is 28.8. The van der Waals surface area contributed by atoms with Gasteiger partial charge in [-0.25, -0.2) is 15.0 Å². The highest BCUT2D eigenvalue weighted by atomic mass is 15.0. The second kappa shape index (κ2) is 12.8. The summed E-state index contributed by atoms with van der Waals surface area (Å²) in [6, 6.07) is 70.9. The highest BCUT2D eigenvalue weighted by molar-refractivity contribution is 6.31. The monoisotopic (exact) mass is 739 g/mol. The van der Waals surface area contributed by atoms with Gasteiger partial charge in [0.25, 0.3) is 0 Å². The summed E-state index contributed by atoms with van der Waals surface area (Å²) in [7, 11) is 0. The quantitative estimate of drug-likeness (QED) is 0.165. The van der Waals surface area contributed by atoms with Crippen molar-refractivity contribution in [3.8, 4) is 51.0 Å². The largest absolute Gasteiger partial charge is 0.309 e. The van der Waals surface area contributed by atoms with E-state index in [1.54, 1.807) is 0 Å². The molecule has 0 aliphatic rings. The molecule has 5 heteroatoms. The number of pyridine rings is 1. The van der Waals surface area contributed by atoms with Crippen LogP contribution in [0.1, 0.15) is 0 Å². The Hall–Kier alpha value is -7.89. The molecule has 270 valence electrons. The maximum absolute atomic E-state index is 4.98. The van der Waals surface area contributed by atoms with E-state index in [9.17, 15) is 0 Å². The summed E-state index contributed by atoms with van der Waals surface area (Å²) in [5.41, 5.74) is 12.2. The summed E-state index contributed by atoms with van der Waals surface area (Å²) in [6.45, 7) is 0. The van der Waals surface area contributed by atoms with Crippen LogP contribution < -0.4 is 0 Å². The third-order valence-electron chi connectivity index (χ3n) is 11.5. The molecule has 0 saturated heterocycles. The molecular formula is C53H33N5. The van der Waals surface area contributed by atoms with E-state index < -0.39 is 0 Å². The lowest BCUT2D eigenvalue weighted by Crippen LogP contribution is -2.00. The molecule has 12 rings (SSSR count). The number of rotatable bonds is 5. The summed E-state index contributed by atoms with van der Waals surface area (Å²) in [4.78, 5) is 14.8. The summed E-state index contributed by atoms with van der Waals surface area (Å²) in [6.07, 6.45) is 0. The Bertz CT molecular complexity index is 3490. The van der Waals surface area contributed by atoms with Crippen molar-refractivity contribution in [2.75, 3.05) is 0 Å². The topological polar surface area (TPSA) is 48.0 Å². The molecule has 0 unspecified atom stereocenters. The molecule has 0 atom stereocenters. The van der Waals surface area contributed by atoms with Crippen LogP contribution in [0.2, 0.25) is 0 Å². The Labute approximate surface area is 333 Å². The average Bonchev–Trinajstić information content (AvgIpc) is 3.86. The van der Waals surface area contributed by atoms with Crippen molar-refractivity contribution in [3.05, 3.63) is 200 Å². The lowest BCUT2D eigenvalue weighted by Gasteiger charge is -2.13. The average molecular weight is 740 g/mol. The van der Waals surface area contributed by atoms with Crippen molar-refractivity contribution in [2.24, 2.45) is 0 Å². The molecule has 0 radical (unpaired) electrons. The van der Waals surface area contributed by atoms with Crippen molar-refractivity contribution < 1.29 is 0 Å². The molecule has 0 aliphatic carbocycles. The van der Waals surface area contributed by atoms with Gasteiger partial charge in [0.15, 0.2) is 17.5 Å². The van der Waals surface area contributed by atoms with E-state index >= 15 is 0 Å². The van der Waals surface area contributed by atoms with Gasteiger partial charge in [-0.1, -0.05) is 152 Å². The molecular weight excluding hydrogens is 707 g/mol. The fourth-order valence-electron chi connectivity index (χ4n) is 8.90. The zero-order valence-electron chi connectivity index (χ0n) is 31.3. The molecule has 8 aromatic carbocycles. The maximum atomic E-state index is 4.98. The minimum atomic E-state index is 0.640. The van der Waals surface area contributed by atoms with E-state index in [0.29, 0.717) is 17.5 Å². The fraction of sp³-hybridized carbons (Fsp3) is 0. The van der Waals surface area contributed by atoms with Gasteiger partial charge >= 0.3 is 0 Å². The second-order valence-electron chi connectivity index (χ2n) is 14.8. The number of aromatic nitrogens is 5. The standard InChI is InChI=1S/C53H33N5/c1-3-14-35(15-4-1)51-54-52(36-16-5-2-6-17-36)56-53(55-51)39-20-13-19-37(32-39)34-26-28-40(29-27-34)57-45-24-11-9-22-42(45)50-47(57)31-30-43-48-33-38-18-7-10-23-44(38)58(48)46-25-12-8-21-41(46)49(43)50/h1-33H. The van der Waals surface area contributed by atoms with Crippen LogP contribution in [-0.2, 0) is 0 Å². The van der Waals surface area contributed by atoms with Crippen LogP contribution in [0.4, 0.5) is 0 Å². The predicted octanol–water partition coefficient (Wildman–Crippen LogP) is 13.3. The molecule has 0 saturated carbocycles. The zero-order chi connectivity index (χ0) is 38.2. The van der Waals surface area contributed by atoms with Crippen LogP contribution >= 0.6 is 0 Å². The Balaban J connectivity index is 0.996. The van der Waals surface area contributed by atoms with Gasteiger partial charge in [0.1, 0.15) is 0 Å². The molecule has 4 heterocycles. The van der Waals surface area contributed by atoms with Crippen LogP contribution in [0, 0.1) is 0 Å². The van der Waals surface area contributed by atoms with Crippen molar-refractivity contribution in [3.63, 3.8) is 0 Å². The van der Waals surface area contributed by atoms with E-state index in [4.69, 9.17) is 15.0 Å². The molecule has 0 aliphatic heterocycles. The molecule has 0 bridgehead atoms. The molecule has 0 spiro atoms. The highest BCUT2D eigenvalue weighted by Crippen LogP contribution is 2.43. The highest BCUT2D eigenvalue weighted by Gasteiger charge is 2.20. The summed E-state index contributed by atoms with van der Waals surface area (Å²) in [5.74, 6) is 1.94. The van der Waals surface area contributed by atoms with Gasteiger partial charge in [-0.3, -0.25) is 0 Å². The zero-order valence-corrected chi connectivity index (χ0v) is 31.3. The number of benzene rings is 8. The Morgan fingerprint density at radius 3 is 1.53 bits per heavy atom. The Kier molecular flexibility index (Phi) is 7.16. The third kappa shape index (κ3) is 5.00. The third-order valence-corrected chi connectivity index (χ3v) is 11.5. The lowest BCUT2D eigenvalue weighted by atomic mass is 9.99. The van der Waals surface area contributed by atoms with Crippen LogP contribution in [0.25, 0.3) is 111 Å². The van der Waals surface area contributed by atoms with Crippen molar-refractivity contribution in [1.82, 2.24) is 23.9 Å². The van der Waals surface area contributed by atoms with Crippen molar-refractivity contribution in [2.45, 2.75) is 0 Å². The number of hydrogen-bond donors (Lipinski definition) is 0. The van der Waals surface area contributed by atoms with Gasteiger partial charge in [-0.2, -0.15) is 0 Å².